The zero-order chi connectivity index (χ0) is 18.8. The number of hydrogen-bond donors (Lipinski definition) is 2. The van der Waals surface area contributed by atoms with Gasteiger partial charge in [-0.25, -0.2) is 4.39 Å². The van der Waals surface area contributed by atoms with E-state index in [9.17, 15) is 4.39 Å². The topological polar surface area (TPSA) is 42.5 Å². The van der Waals surface area contributed by atoms with E-state index in [4.69, 9.17) is 9.47 Å². The Balaban J connectivity index is 0.00000364. The molecule has 0 aliphatic carbocycles. The molecule has 0 spiro atoms. The van der Waals surface area contributed by atoms with Crippen molar-refractivity contribution in [1.82, 2.24) is 10.6 Å². The van der Waals surface area contributed by atoms with Gasteiger partial charge in [0.15, 0.2) is 11.5 Å². The molecule has 4 nitrogen and oxygen atoms in total. The lowest BCUT2D eigenvalue weighted by Crippen LogP contribution is -2.19. The smallest absolute Gasteiger partial charge is 0.175 e. The molecule has 0 saturated carbocycles. The number of hydrogen-bond acceptors (Lipinski definition) is 4. The first-order valence-electron chi connectivity index (χ1n) is 8.82. The molecule has 0 heterocycles. The van der Waals surface area contributed by atoms with Crippen molar-refractivity contribution in [3.63, 3.8) is 0 Å². The molecule has 2 aromatic rings. The van der Waals surface area contributed by atoms with Crippen LogP contribution in [-0.4, -0.2) is 26.7 Å². The van der Waals surface area contributed by atoms with E-state index in [0.29, 0.717) is 23.7 Å². The molecule has 0 unspecified atom stereocenters. The van der Waals surface area contributed by atoms with Crippen LogP contribution in [0.3, 0.4) is 0 Å². The highest BCUT2D eigenvalue weighted by atomic mass is 79.9. The quantitative estimate of drug-likeness (QED) is 0.423. The van der Waals surface area contributed by atoms with E-state index in [1.807, 2.05) is 26.1 Å². The van der Waals surface area contributed by atoms with Gasteiger partial charge in [-0.2, -0.15) is 0 Å². The number of ether oxygens (including phenoxy) is 2. The minimum atomic E-state index is -0.274. The van der Waals surface area contributed by atoms with Crippen LogP contribution >= 0.6 is 40.7 Å². The molecule has 2 aromatic carbocycles. The normalized spacial score (nSPS) is 10.0. The van der Waals surface area contributed by atoms with Crippen LogP contribution < -0.4 is 20.1 Å². The summed E-state index contributed by atoms with van der Waals surface area (Å²) >= 11 is 3.56. The van der Waals surface area contributed by atoms with E-state index in [1.165, 1.54) is 6.07 Å². The summed E-state index contributed by atoms with van der Waals surface area (Å²) in [6.07, 6.45) is 1.07. The van der Waals surface area contributed by atoms with Crippen molar-refractivity contribution in [3.05, 3.63) is 57.8 Å². The van der Waals surface area contributed by atoms with E-state index < -0.39 is 0 Å². The largest absolute Gasteiger partial charge is 0.490 e. The van der Waals surface area contributed by atoms with Crippen molar-refractivity contribution in [3.8, 4) is 11.5 Å². The predicted octanol–water partition coefficient (Wildman–Crippen LogP) is 5.11. The monoisotopic (exact) mass is 496 g/mol. The Morgan fingerprint density at radius 3 is 2.50 bits per heavy atom. The van der Waals surface area contributed by atoms with E-state index >= 15 is 0 Å². The van der Waals surface area contributed by atoms with Crippen LogP contribution in [0, 0.1) is 5.82 Å². The van der Waals surface area contributed by atoms with Crippen LogP contribution in [0.5, 0.6) is 11.5 Å². The summed E-state index contributed by atoms with van der Waals surface area (Å²) in [6.45, 7) is 5.28. The summed E-state index contributed by atoms with van der Waals surface area (Å²) in [5.74, 6) is 0.975. The molecule has 0 aliphatic heterocycles. The van der Waals surface area contributed by atoms with Gasteiger partial charge in [0.1, 0.15) is 12.4 Å². The van der Waals surface area contributed by atoms with Crippen molar-refractivity contribution in [2.24, 2.45) is 0 Å². The third kappa shape index (κ3) is 8.53. The molecule has 8 heteroatoms. The SMILES string of the molecule is CCOc1cc(CNCCCNC)cc(Br)c1OCc1ccccc1F.Cl.Cl. The summed E-state index contributed by atoms with van der Waals surface area (Å²) in [4.78, 5) is 0. The van der Waals surface area contributed by atoms with E-state index in [1.54, 1.807) is 18.2 Å². The van der Waals surface area contributed by atoms with Gasteiger partial charge in [-0.15, -0.1) is 24.8 Å². The first-order valence-corrected chi connectivity index (χ1v) is 9.61. The van der Waals surface area contributed by atoms with Crippen LogP contribution in [0.1, 0.15) is 24.5 Å². The number of benzene rings is 2. The van der Waals surface area contributed by atoms with Crippen molar-refractivity contribution in [2.45, 2.75) is 26.5 Å². The van der Waals surface area contributed by atoms with Gasteiger partial charge in [0.2, 0.25) is 0 Å². The van der Waals surface area contributed by atoms with Crippen LogP contribution in [0.2, 0.25) is 0 Å². The second-order valence-electron chi connectivity index (χ2n) is 5.85. The molecule has 0 radical (unpaired) electrons. The lowest BCUT2D eigenvalue weighted by Gasteiger charge is -2.16. The van der Waals surface area contributed by atoms with Crippen LogP contribution in [0.15, 0.2) is 40.9 Å². The molecule has 0 fully saturated rings. The molecule has 2 N–H and O–H groups in total. The average molecular weight is 498 g/mol. The molecule has 28 heavy (non-hydrogen) atoms. The van der Waals surface area contributed by atoms with Gasteiger partial charge in [0.05, 0.1) is 11.1 Å². The zero-order valence-corrected chi connectivity index (χ0v) is 19.3. The van der Waals surface area contributed by atoms with Gasteiger partial charge in [-0.05, 0) is 73.2 Å². The van der Waals surface area contributed by atoms with Crippen LogP contribution in [0.25, 0.3) is 0 Å². The Kier molecular flexibility index (Phi) is 14.3. The molecule has 0 bridgehead atoms. The second kappa shape index (κ2) is 14.9. The molecule has 0 amide bonds. The first-order chi connectivity index (χ1) is 12.7. The van der Waals surface area contributed by atoms with Gasteiger partial charge in [-0.1, -0.05) is 18.2 Å². The molecule has 0 saturated heterocycles. The Morgan fingerprint density at radius 2 is 1.82 bits per heavy atom. The van der Waals surface area contributed by atoms with Crippen molar-refractivity contribution in [2.75, 3.05) is 26.7 Å². The third-order valence-electron chi connectivity index (χ3n) is 3.81. The second-order valence-corrected chi connectivity index (χ2v) is 6.71. The highest BCUT2D eigenvalue weighted by Crippen LogP contribution is 2.37. The Hall–Kier alpha value is -1.05. The van der Waals surface area contributed by atoms with Gasteiger partial charge in [-0.3, -0.25) is 0 Å². The Morgan fingerprint density at radius 1 is 1.07 bits per heavy atom. The Bertz CT molecular complexity index is 708. The summed E-state index contributed by atoms with van der Waals surface area (Å²) in [7, 11) is 1.95. The molecular weight excluding hydrogens is 470 g/mol. The zero-order valence-electron chi connectivity index (χ0n) is 16.1. The van der Waals surface area contributed by atoms with Crippen molar-refractivity contribution < 1.29 is 13.9 Å². The average Bonchev–Trinajstić information content (AvgIpc) is 2.62. The molecule has 2 rings (SSSR count). The van der Waals surface area contributed by atoms with Crippen molar-refractivity contribution in [1.29, 1.82) is 0 Å². The third-order valence-corrected chi connectivity index (χ3v) is 4.40. The maximum atomic E-state index is 13.8. The van der Waals surface area contributed by atoms with Crippen LogP contribution in [0.4, 0.5) is 4.39 Å². The van der Waals surface area contributed by atoms with Gasteiger partial charge >= 0.3 is 0 Å². The number of rotatable bonds is 11. The van der Waals surface area contributed by atoms with Gasteiger partial charge < -0.3 is 20.1 Å². The fourth-order valence-electron chi connectivity index (χ4n) is 2.51. The highest BCUT2D eigenvalue weighted by Gasteiger charge is 2.13. The predicted molar refractivity (Wildman–Crippen MR) is 121 cm³/mol. The van der Waals surface area contributed by atoms with E-state index in [-0.39, 0.29) is 37.2 Å². The Labute approximate surface area is 187 Å². The fourth-order valence-corrected chi connectivity index (χ4v) is 3.12. The minimum absolute atomic E-state index is 0. The molecular formula is C20H28BrCl2FN2O2. The standard InChI is InChI=1S/C20H26BrFN2O2.2ClH/c1-3-25-19-12-15(13-24-10-6-9-23-2)11-17(21)20(19)26-14-16-7-4-5-8-18(16)22;;/h4-5,7-8,11-12,23-24H,3,6,9-10,13-14H2,1-2H3;2*1H. The molecule has 0 atom stereocenters. The summed E-state index contributed by atoms with van der Waals surface area (Å²) in [6, 6.07) is 10.6. The molecule has 158 valence electrons. The lowest BCUT2D eigenvalue weighted by molar-refractivity contribution is 0.264. The fraction of sp³-hybridized carbons (Fsp3) is 0.400. The summed E-state index contributed by atoms with van der Waals surface area (Å²) < 4.78 is 26.2. The molecule has 0 aromatic heterocycles. The van der Waals surface area contributed by atoms with Gasteiger partial charge in [0, 0.05) is 12.1 Å². The lowest BCUT2D eigenvalue weighted by atomic mass is 10.2. The maximum absolute atomic E-state index is 13.8. The van der Waals surface area contributed by atoms with Crippen LogP contribution in [-0.2, 0) is 13.2 Å². The summed E-state index contributed by atoms with van der Waals surface area (Å²) in [5, 5.41) is 6.54. The number of halogens is 4. The highest BCUT2D eigenvalue weighted by molar-refractivity contribution is 9.10. The summed E-state index contributed by atoms with van der Waals surface area (Å²) in [5.41, 5.74) is 1.61. The minimum Gasteiger partial charge on any atom is -0.490 e. The van der Waals surface area contributed by atoms with Gasteiger partial charge in [0.25, 0.3) is 0 Å². The van der Waals surface area contributed by atoms with Crippen molar-refractivity contribution >= 4 is 40.7 Å². The maximum Gasteiger partial charge on any atom is 0.175 e. The van der Waals surface area contributed by atoms with E-state index in [2.05, 4.69) is 26.6 Å². The van der Waals surface area contributed by atoms with E-state index in [0.717, 1.165) is 36.1 Å². The first kappa shape index (κ1) is 27.0. The molecule has 0 aliphatic rings. The number of nitrogens with one attached hydrogen (secondary N) is 2.